The quantitative estimate of drug-likeness (QED) is 0.680. The molecule has 1 aliphatic rings. The lowest BCUT2D eigenvalue weighted by Gasteiger charge is -2.45. The third-order valence-electron chi connectivity index (χ3n) is 3.72. The Hall–Kier alpha value is -1.98. The number of hydrogen-bond donors (Lipinski definition) is 1. The summed E-state index contributed by atoms with van der Waals surface area (Å²) < 4.78 is 6.98. The lowest BCUT2D eigenvalue weighted by molar-refractivity contribution is -0.158. The van der Waals surface area contributed by atoms with Crippen molar-refractivity contribution < 1.29 is 14.6 Å². The normalized spacial score (nSPS) is 20.8. The van der Waals surface area contributed by atoms with Crippen LogP contribution in [0.4, 0.5) is 0 Å². The molecular formula is C17H17NO3S. The second-order valence-corrected chi connectivity index (χ2v) is 6.02. The van der Waals surface area contributed by atoms with Gasteiger partial charge in [-0.2, -0.15) is 0 Å². The van der Waals surface area contributed by atoms with Gasteiger partial charge in [0.1, 0.15) is 11.8 Å². The second kappa shape index (κ2) is 6.42. The number of rotatable bonds is 5. The number of ether oxygens (including phenoxy) is 1. The van der Waals surface area contributed by atoms with Crippen molar-refractivity contribution in [3.8, 4) is 5.75 Å². The molecule has 0 aliphatic carbocycles. The number of carbonyl (C=O) groups is 1. The molecule has 1 N–H and O–H groups in total. The summed E-state index contributed by atoms with van der Waals surface area (Å²) in [5.74, 6) is 0.830. The zero-order valence-corrected chi connectivity index (χ0v) is 13.0. The Morgan fingerprint density at radius 1 is 1.14 bits per heavy atom. The van der Waals surface area contributed by atoms with Crippen LogP contribution in [-0.4, -0.2) is 28.5 Å². The van der Waals surface area contributed by atoms with Gasteiger partial charge in [0.15, 0.2) is 6.10 Å². The van der Waals surface area contributed by atoms with Gasteiger partial charge in [-0.1, -0.05) is 48.5 Å². The molecule has 2 unspecified atom stereocenters. The molecule has 0 saturated carbocycles. The summed E-state index contributed by atoms with van der Waals surface area (Å²) in [4.78, 5) is 12.2. The monoisotopic (exact) mass is 315 g/mol. The van der Waals surface area contributed by atoms with E-state index in [1.807, 2.05) is 42.5 Å². The molecule has 1 fully saturated rings. The average molecular weight is 315 g/mol. The highest BCUT2D eigenvalue weighted by Crippen LogP contribution is 2.45. The van der Waals surface area contributed by atoms with E-state index in [-0.39, 0.29) is 17.7 Å². The third-order valence-corrected chi connectivity index (χ3v) is 4.87. The zero-order chi connectivity index (χ0) is 15.5. The van der Waals surface area contributed by atoms with Crippen LogP contribution in [0.3, 0.4) is 0 Å². The zero-order valence-electron chi connectivity index (χ0n) is 12.2. The molecule has 1 amide bonds. The number of benzene rings is 2. The van der Waals surface area contributed by atoms with Gasteiger partial charge in [-0.05, 0) is 23.6 Å². The highest BCUT2D eigenvalue weighted by atomic mass is 32.2. The Bertz CT molecular complexity index is 662. The first kappa shape index (κ1) is 14.9. The number of phenols is 1. The Morgan fingerprint density at radius 3 is 2.50 bits per heavy atom. The predicted octanol–water partition coefficient (Wildman–Crippen LogP) is 3.14. The van der Waals surface area contributed by atoms with Crippen LogP contribution in [0.15, 0.2) is 54.6 Å². The van der Waals surface area contributed by atoms with Gasteiger partial charge in [0.05, 0.1) is 0 Å². The number of β-lactam (4-membered cyclic amide) rings is 1. The van der Waals surface area contributed by atoms with Crippen molar-refractivity contribution in [2.24, 2.45) is 0 Å². The summed E-state index contributed by atoms with van der Waals surface area (Å²) in [6, 6.07) is 16.8. The van der Waals surface area contributed by atoms with E-state index in [9.17, 15) is 9.90 Å². The summed E-state index contributed by atoms with van der Waals surface area (Å²) in [6.07, 6.45) is -0.531. The summed E-state index contributed by atoms with van der Waals surface area (Å²) in [5, 5.41) is 10.0. The fraction of sp³-hybridized carbons (Fsp3) is 0.235. The van der Waals surface area contributed by atoms with Crippen molar-refractivity contribution in [2.45, 2.75) is 17.9 Å². The van der Waals surface area contributed by atoms with Gasteiger partial charge in [0.2, 0.25) is 0 Å². The number of amides is 1. The Balaban J connectivity index is 1.77. The number of methoxy groups -OCH3 is 1. The van der Waals surface area contributed by atoms with Crippen molar-refractivity contribution >= 4 is 17.9 Å². The van der Waals surface area contributed by atoms with Crippen LogP contribution in [-0.2, 0) is 15.3 Å². The average Bonchev–Trinajstić information content (AvgIpc) is 2.55. The van der Waals surface area contributed by atoms with E-state index in [1.165, 1.54) is 19.1 Å². The fourth-order valence-corrected chi connectivity index (χ4v) is 3.65. The van der Waals surface area contributed by atoms with Crippen LogP contribution in [0, 0.1) is 0 Å². The number of carbonyl (C=O) groups excluding carboxylic acids is 1. The molecule has 0 aromatic heterocycles. The van der Waals surface area contributed by atoms with Gasteiger partial charge >= 0.3 is 0 Å². The minimum absolute atomic E-state index is 0.0586. The van der Waals surface area contributed by atoms with Crippen LogP contribution >= 0.6 is 11.9 Å². The molecule has 0 spiro atoms. The molecule has 114 valence electrons. The lowest BCUT2D eigenvalue weighted by Crippen LogP contribution is -2.56. The molecule has 0 bridgehead atoms. The molecule has 2 aromatic carbocycles. The molecule has 0 radical (unpaired) electrons. The summed E-state index contributed by atoms with van der Waals surface area (Å²) >= 11 is 1.45. The van der Waals surface area contributed by atoms with Crippen molar-refractivity contribution in [3.05, 3.63) is 65.7 Å². The number of para-hydroxylation sites is 1. The molecule has 4 nitrogen and oxygen atoms in total. The van der Waals surface area contributed by atoms with Crippen molar-refractivity contribution in [1.29, 1.82) is 0 Å². The Morgan fingerprint density at radius 2 is 1.82 bits per heavy atom. The van der Waals surface area contributed by atoms with E-state index in [1.54, 1.807) is 16.4 Å². The molecule has 1 aliphatic heterocycles. The van der Waals surface area contributed by atoms with Gasteiger partial charge in [-0.25, -0.2) is 0 Å². The highest BCUT2D eigenvalue weighted by molar-refractivity contribution is 7.96. The Labute approximate surface area is 133 Å². The van der Waals surface area contributed by atoms with Gasteiger partial charge in [-0.3, -0.25) is 9.10 Å². The van der Waals surface area contributed by atoms with Crippen LogP contribution < -0.4 is 0 Å². The molecule has 1 saturated heterocycles. The minimum atomic E-state index is -0.531. The fourth-order valence-electron chi connectivity index (χ4n) is 2.56. The van der Waals surface area contributed by atoms with E-state index >= 15 is 0 Å². The molecule has 2 atom stereocenters. The molecule has 2 aromatic rings. The molecule has 1 heterocycles. The minimum Gasteiger partial charge on any atom is -0.508 e. The van der Waals surface area contributed by atoms with Crippen LogP contribution in [0.5, 0.6) is 5.75 Å². The second-order valence-electron chi connectivity index (χ2n) is 5.08. The van der Waals surface area contributed by atoms with E-state index in [4.69, 9.17) is 4.74 Å². The molecule has 22 heavy (non-hydrogen) atoms. The highest BCUT2D eigenvalue weighted by Gasteiger charge is 2.50. The third kappa shape index (κ3) is 2.69. The maximum absolute atomic E-state index is 12.2. The molecule has 5 heteroatoms. The smallest absolute Gasteiger partial charge is 0.264 e. The molecular weight excluding hydrogens is 298 g/mol. The summed E-state index contributed by atoms with van der Waals surface area (Å²) in [5.41, 5.74) is 1.87. The number of hydrogen-bond acceptors (Lipinski definition) is 4. The molecule has 3 rings (SSSR count). The van der Waals surface area contributed by atoms with Crippen molar-refractivity contribution in [1.82, 2.24) is 4.31 Å². The van der Waals surface area contributed by atoms with Crippen molar-refractivity contribution in [2.75, 3.05) is 7.11 Å². The SMILES string of the molecule is COC1C(=O)N(SCc2ccccc2)C1c1ccccc1O. The largest absolute Gasteiger partial charge is 0.508 e. The number of phenolic OH excluding ortho intramolecular Hbond substituents is 1. The van der Waals surface area contributed by atoms with E-state index in [0.717, 1.165) is 11.1 Å². The van der Waals surface area contributed by atoms with Gasteiger partial charge < -0.3 is 9.84 Å². The maximum Gasteiger partial charge on any atom is 0.264 e. The first-order valence-corrected chi connectivity index (χ1v) is 7.97. The Kier molecular flexibility index (Phi) is 4.36. The topological polar surface area (TPSA) is 49.8 Å². The van der Waals surface area contributed by atoms with Gasteiger partial charge in [0.25, 0.3) is 5.91 Å². The summed E-state index contributed by atoms with van der Waals surface area (Å²) in [7, 11) is 1.52. The standard InChI is InChI=1S/C17H17NO3S/c1-21-16-15(13-9-5-6-10-14(13)19)18(17(16)20)22-11-12-7-3-2-4-8-12/h2-10,15-16,19H,11H2,1H3. The van der Waals surface area contributed by atoms with Gasteiger partial charge in [0, 0.05) is 18.4 Å². The van der Waals surface area contributed by atoms with Crippen LogP contribution in [0.25, 0.3) is 0 Å². The lowest BCUT2D eigenvalue weighted by atomic mass is 9.93. The van der Waals surface area contributed by atoms with Gasteiger partial charge in [-0.15, -0.1) is 0 Å². The first-order chi connectivity index (χ1) is 10.7. The predicted molar refractivity (Wildman–Crippen MR) is 86.2 cm³/mol. The van der Waals surface area contributed by atoms with E-state index in [2.05, 4.69) is 0 Å². The number of aromatic hydroxyl groups is 1. The first-order valence-electron chi connectivity index (χ1n) is 7.03. The van der Waals surface area contributed by atoms with E-state index < -0.39 is 6.10 Å². The van der Waals surface area contributed by atoms with Crippen molar-refractivity contribution in [3.63, 3.8) is 0 Å². The van der Waals surface area contributed by atoms with Crippen LogP contribution in [0.2, 0.25) is 0 Å². The summed E-state index contributed by atoms with van der Waals surface area (Å²) in [6.45, 7) is 0. The maximum atomic E-state index is 12.2. The number of nitrogens with zero attached hydrogens (tertiary/aromatic N) is 1. The van der Waals surface area contributed by atoms with Crippen LogP contribution in [0.1, 0.15) is 17.2 Å². The van der Waals surface area contributed by atoms with E-state index in [0.29, 0.717) is 5.75 Å².